The summed E-state index contributed by atoms with van der Waals surface area (Å²) >= 11 is 0. The summed E-state index contributed by atoms with van der Waals surface area (Å²) < 4.78 is 5.11. The van der Waals surface area contributed by atoms with E-state index >= 15 is 0 Å². The van der Waals surface area contributed by atoms with Gasteiger partial charge in [-0.2, -0.15) is 0 Å². The van der Waals surface area contributed by atoms with E-state index in [-0.39, 0.29) is 5.91 Å². The molecule has 0 aliphatic heterocycles. The number of anilines is 1. The lowest BCUT2D eigenvalue weighted by molar-refractivity contribution is -0.111. The van der Waals surface area contributed by atoms with Crippen LogP contribution in [0.1, 0.15) is 22.3 Å². The molecule has 0 bridgehead atoms. The van der Waals surface area contributed by atoms with Crippen LogP contribution in [0.5, 0.6) is 5.75 Å². The number of carbonyl (C=O) groups excluding carboxylic acids is 1. The summed E-state index contributed by atoms with van der Waals surface area (Å²) in [5.41, 5.74) is 5.18. The Kier molecular flexibility index (Phi) is 4.99. The van der Waals surface area contributed by atoms with E-state index in [1.165, 1.54) is 5.56 Å². The quantitative estimate of drug-likeness (QED) is 0.855. The molecule has 0 unspecified atom stereocenters. The van der Waals surface area contributed by atoms with Crippen LogP contribution < -0.4 is 10.1 Å². The Morgan fingerprint density at radius 3 is 2.18 bits per heavy atom. The predicted octanol–water partition coefficient (Wildman–Crippen LogP) is 4.27. The van der Waals surface area contributed by atoms with Gasteiger partial charge in [-0.3, -0.25) is 4.79 Å². The van der Waals surface area contributed by atoms with Crippen molar-refractivity contribution in [3.8, 4) is 5.75 Å². The van der Waals surface area contributed by atoms with Gasteiger partial charge in [-0.05, 0) is 55.7 Å². The average Bonchev–Trinajstić information content (AvgIpc) is 2.49. The molecule has 0 aliphatic rings. The van der Waals surface area contributed by atoms with Crippen molar-refractivity contribution in [2.45, 2.75) is 20.8 Å². The summed E-state index contributed by atoms with van der Waals surface area (Å²) in [6, 6.07) is 11.7. The molecule has 3 nitrogen and oxygen atoms in total. The average molecular weight is 295 g/mol. The molecular formula is C19H21NO2. The van der Waals surface area contributed by atoms with Gasteiger partial charge in [0.1, 0.15) is 5.75 Å². The van der Waals surface area contributed by atoms with Crippen LogP contribution in [0.15, 0.2) is 42.5 Å². The van der Waals surface area contributed by atoms with Crippen molar-refractivity contribution in [1.29, 1.82) is 0 Å². The van der Waals surface area contributed by atoms with Crippen LogP contribution in [-0.4, -0.2) is 13.0 Å². The monoisotopic (exact) mass is 295 g/mol. The largest absolute Gasteiger partial charge is 0.497 e. The summed E-state index contributed by atoms with van der Waals surface area (Å²) in [5, 5.41) is 2.95. The molecule has 3 heteroatoms. The summed E-state index contributed by atoms with van der Waals surface area (Å²) in [6.07, 6.45) is 3.33. The van der Waals surface area contributed by atoms with Crippen molar-refractivity contribution in [3.05, 3.63) is 64.7 Å². The molecule has 0 aliphatic carbocycles. The molecule has 0 saturated carbocycles. The first kappa shape index (κ1) is 15.8. The third-order valence-electron chi connectivity index (χ3n) is 3.47. The van der Waals surface area contributed by atoms with E-state index in [2.05, 4.69) is 24.4 Å². The molecule has 114 valence electrons. The molecule has 0 radical (unpaired) electrons. The molecule has 0 atom stereocenters. The zero-order chi connectivity index (χ0) is 16.1. The van der Waals surface area contributed by atoms with E-state index in [1.807, 2.05) is 38.1 Å². The van der Waals surface area contributed by atoms with Crippen molar-refractivity contribution >= 4 is 17.7 Å². The molecule has 0 heterocycles. The lowest BCUT2D eigenvalue weighted by Gasteiger charge is -2.11. The molecular weight excluding hydrogens is 274 g/mol. The Hall–Kier alpha value is -2.55. The maximum absolute atomic E-state index is 12.1. The Morgan fingerprint density at radius 2 is 1.64 bits per heavy atom. The van der Waals surface area contributed by atoms with Crippen molar-refractivity contribution < 1.29 is 9.53 Å². The number of hydrogen-bond donors (Lipinski definition) is 1. The fourth-order valence-corrected chi connectivity index (χ4v) is 2.43. The lowest BCUT2D eigenvalue weighted by Crippen LogP contribution is -2.10. The number of methoxy groups -OCH3 is 1. The van der Waals surface area contributed by atoms with Crippen LogP contribution in [0, 0.1) is 20.8 Å². The maximum Gasteiger partial charge on any atom is 0.248 e. The number of ether oxygens (including phenoxy) is 1. The van der Waals surface area contributed by atoms with Gasteiger partial charge in [0, 0.05) is 11.8 Å². The fraction of sp³-hybridized carbons (Fsp3) is 0.211. The Balaban J connectivity index is 2.08. The highest BCUT2D eigenvalue weighted by Gasteiger charge is 2.06. The number of carbonyl (C=O) groups is 1. The van der Waals surface area contributed by atoms with Gasteiger partial charge in [0.2, 0.25) is 5.91 Å². The summed E-state index contributed by atoms with van der Waals surface area (Å²) in [5.74, 6) is 0.665. The first-order valence-electron chi connectivity index (χ1n) is 7.20. The van der Waals surface area contributed by atoms with Crippen LogP contribution in [-0.2, 0) is 4.79 Å². The summed E-state index contributed by atoms with van der Waals surface area (Å²) in [4.78, 5) is 12.1. The van der Waals surface area contributed by atoms with E-state index in [9.17, 15) is 4.79 Å². The van der Waals surface area contributed by atoms with Crippen LogP contribution in [0.25, 0.3) is 6.08 Å². The highest BCUT2D eigenvalue weighted by Crippen LogP contribution is 2.22. The van der Waals surface area contributed by atoms with E-state index in [4.69, 9.17) is 4.74 Å². The number of hydrogen-bond acceptors (Lipinski definition) is 2. The standard InChI is InChI=1S/C19H21NO2/c1-13-11-14(2)19(15(3)12-13)20-18(21)10-7-16-5-8-17(22-4)9-6-16/h5-12H,1-4H3,(H,20,21). The molecule has 0 spiro atoms. The number of aryl methyl sites for hydroxylation is 3. The molecule has 2 aromatic carbocycles. The van der Waals surface area contributed by atoms with Crippen LogP contribution >= 0.6 is 0 Å². The van der Waals surface area contributed by atoms with Crippen LogP contribution in [0.3, 0.4) is 0 Å². The first-order valence-corrected chi connectivity index (χ1v) is 7.20. The zero-order valence-electron chi connectivity index (χ0n) is 13.4. The van der Waals surface area contributed by atoms with Gasteiger partial charge < -0.3 is 10.1 Å². The van der Waals surface area contributed by atoms with Crippen molar-refractivity contribution in [3.63, 3.8) is 0 Å². The second-order valence-electron chi connectivity index (χ2n) is 5.37. The molecule has 2 aromatic rings. The zero-order valence-corrected chi connectivity index (χ0v) is 13.4. The Bertz CT molecular complexity index is 677. The second-order valence-corrected chi connectivity index (χ2v) is 5.37. The van der Waals surface area contributed by atoms with Crippen LogP contribution in [0.2, 0.25) is 0 Å². The third kappa shape index (κ3) is 3.98. The fourth-order valence-electron chi connectivity index (χ4n) is 2.43. The Labute approximate surface area is 131 Å². The van der Waals surface area contributed by atoms with E-state index in [1.54, 1.807) is 19.3 Å². The topological polar surface area (TPSA) is 38.3 Å². The van der Waals surface area contributed by atoms with Gasteiger partial charge in [0.25, 0.3) is 0 Å². The van der Waals surface area contributed by atoms with E-state index < -0.39 is 0 Å². The molecule has 0 aromatic heterocycles. The normalized spacial score (nSPS) is 10.7. The van der Waals surface area contributed by atoms with Gasteiger partial charge in [0.15, 0.2) is 0 Å². The molecule has 2 rings (SSSR count). The molecule has 0 fully saturated rings. The third-order valence-corrected chi connectivity index (χ3v) is 3.47. The van der Waals surface area contributed by atoms with E-state index in [0.29, 0.717) is 0 Å². The summed E-state index contributed by atoms with van der Waals surface area (Å²) in [7, 11) is 1.63. The van der Waals surface area contributed by atoms with Crippen molar-refractivity contribution in [1.82, 2.24) is 0 Å². The van der Waals surface area contributed by atoms with Gasteiger partial charge in [0.05, 0.1) is 7.11 Å². The Morgan fingerprint density at radius 1 is 1.05 bits per heavy atom. The minimum atomic E-state index is -0.133. The number of nitrogens with one attached hydrogen (secondary N) is 1. The maximum atomic E-state index is 12.1. The van der Waals surface area contributed by atoms with Crippen molar-refractivity contribution in [2.75, 3.05) is 12.4 Å². The van der Waals surface area contributed by atoms with Gasteiger partial charge in [-0.25, -0.2) is 0 Å². The molecule has 1 amide bonds. The highest BCUT2D eigenvalue weighted by atomic mass is 16.5. The predicted molar refractivity (Wildman–Crippen MR) is 91.3 cm³/mol. The lowest BCUT2D eigenvalue weighted by atomic mass is 10.1. The second kappa shape index (κ2) is 6.94. The highest BCUT2D eigenvalue weighted by molar-refractivity contribution is 6.02. The molecule has 0 saturated heterocycles. The number of amides is 1. The minimum Gasteiger partial charge on any atom is -0.497 e. The van der Waals surface area contributed by atoms with Gasteiger partial charge in [-0.15, -0.1) is 0 Å². The van der Waals surface area contributed by atoms with Gasteiger partial charge >= 0.3 is 0 Å². The van der Waals surface area contributed by atoms with Crippen molar-refractivity contribution in [2.24, 2.45) is 0 Å². The molecule has 1 N–H and O–H groups in total. The number of rotatable bonds is 4. The number of benzene rings is 2. The van der Waals surface area contributed by atoms with Gasteiger partial charge in [-0.1, -0.05) is 29.8 Å². The van der Waals surface area contributed by atoms with Crippen LogP contribution in [0.4, 0.5) is 5.69 Å². The SMILES string of the molecule is COc1ccc(C=CC(=O)Nc2c(C)cc(C)cc2C)cc1. The molecule has 22 heavy (non-hydrogen) atoms. The smallest absolute Gasteiger partial charge is 0.248 e. The van der Waals surface area contributed by atoms with E-state index in [0.717, 1.165) is 28.1 Å². The minimum absolute atomic E-state index is 0.133. The summed E-state index contributed by atoms with van der Waals surface area (Å²) in [6.45, 7) is 6.06. The first-order chi connectivity index (χ1) is 10.5.